The number of aryl methyl sites for hydroxylation is 1. The highest BCUT2D eigenvalue weighted by molar-refractivity contribution is 6.04. The number of amides is 2. The van der Waals surface area contributed by atoms with Gasteiger partial charge in [-0.05, 0) is 55.3 Å². The lowest BCUT2D eigenvalue weighted by Gasteiger charge is -2.07. The van der Waals surface area contributed by atoms with Gasteiger partial charge in [-0.25, -0.2) is 4.98 Å². The van der Waals surface area contributed by atoms with Crippen LogP contribution in [0.15, 0.2) is 42.6 Å². The van der Waals surface area contributed by atoms with Crippen LogP contribution in [-0.2, 0) is 4.79 Å². The minimum atomic E-state index is -0.230. The first-order chi connectivity index (χ1) is 11.1. The normalized spacial score (nSPS) is 10.2. The van der Waals surface area contributed by atoms with Gasteiger partial charge in [0.1, 0.15) is 5.82 Å². The summed E-state index contributed by atoms with van der Waals surface area (Å²) in [4.78, 5) is 27.9. The third kappa shape index (κ3) is 5.21. The van der Waals surface area contributed by atoms with E-state index in [2.05, 4.69) is 15.6 Å². The quantitative estimate of drug-likeness (QED) is 0.853. The summed E-state index contributed by atoms with van der Waals surface area (Å²) in [5, 5.41) is 5.57. The van der Waals surface area contributed by atoms with Crippen molar-refractivity contribution in [3.63, 3.8) is 0 Å². The maximum Gasteiger partial charge on any atom is 0.256 e. The lowest BCUT2D eigenvalue weighted by atomic mass is 10.2. The van der Waals surface area contributed by atoms with Gasteiger partial charge in [0, 0.05) is 23.9 Å². The van der Waals surface area contributed by atoms with E-state index >= 15 is 0 Å². The molecule has 2 N–H and O–H groups in total. The van der Waals surface area contributed by atoms with Gasteiger partial charge in [-0.15, -0.1) is 0 Å². The smallest absolute Gasteiger partial charge is 0.256 e. The third-order valence-electron chi connectivity index (χ3n) is 3.35. The number of nitrogens with one attached hydrogen (secondary N) is 2. The van der Waals surface area contributed by atoms with Crippen LogP contribution in [0.25, 0.3) is 0 Å². The summed E-state index contributed by atoms with van der Waals surface area (Å²) in [5.41, 5.74) is 2.23. The Bertz CT molecular complexity index is 681. The van der Waals surface area contributed by atoms with Crippen molar-refractivity contribution in [1.82, 2.24) is 4.98 Å². The minimum absolute atomic E-state index is 0.00647. The van der Waals surface area contributed by atoms with Gasteiger partial charge in [-0.2, -0.15) is 0 Å². The Morgan fingerprint density at radius 3 is 2.48 bits per heavy atom. The number of aromatic nitrogens is 1. The summed E-state index contributed by atoms with van der Waals surface area (Å²) in [6.45, 7) is 3.98. The number of pyridine rings is 1. The molecule has 1 aromatic carbocycles. The molecule has 23 heavy (non-hydrogen) atoms. The summed E-state index contributed by atoms with van der Waals surface area (Å²) >= 11 is 0. The molecule has 0 unspecified atom stereocenters. The highest BCUT2D eigenvalue weighted by atomic mass is 16.2. The lowest BCUT2D eigenvalue weighted by molar-refractivity contribution is -0.116. The number of unbranched alkanes of at least 4 members (excludes halogenated alkanes) is 1. The Hall–Kier alpha value is -2.69. The van der Waals surface area contributed by atoms with Gasteiger partial charge < -0.3 is 10.6 Å². The van der Waals surface area contributed by atoms with E-state index in [9.17, 15) is 9.59 Å². The standard InChI is InChI=1S/C18H21N3O2/c1-3-4-5-17(22)20-15-8-6-14(7-9-15)18(23)21-16-12-13(2)10-11-19-16/h6-12H,3-5H2,1-2H3,(H,20,22)(H,19,21,23). The van der Waals surface area contributed by atoms with Crippen molar-refractivity contribution >= 4 is 23.3 Å². The Morgan fingerprint density at radius 2 is 1.83 bits per heavy atom. The van der Waals surface area contributed by atoms with Crippen molar-refractivity contribution in [3.8, 4) is 0 Å². The predicted molar refractivity (Wildman–Crippen MR) is 91.5 cm³/mol. The molecule has 0 radical (unpaired) electrons. The number of anilines is 2. The van der Waals surface area contributed by atoms with Crippen LogP contribution in [0.3, 0.4) is 0 Å². The zero-order chi connectivity index (χ0) is 16.7. The SMILES string of the molecule is CCCCC(=O)Nc1ccc(C(=O)Nc2cc(C)ccn2)cc1. The average Bonchev–Trinajstić information content (AvgIpc) is 2.53. The van der Waals surface area contributed by atoms with Crippen LogP contribution >= 0.6 is 0 Å². The number of carbonyl (C=O) groups excluding carboxylic acids is 2. The van der Waals surface area contributed by atoms with Crippen molar-refractivity contribution in [1.29, 1.82) is 0 Å². The molecule has 0 spiro atoms. The second-order valence-electron chi connectivity index (χ2n) is 5.40. The topological polar surface area (TPSA) is 71.1 Å². The van der Waals surface area contributed by atoms with Crippen molar-refractivity contribution in [2.45, 2.75) is 33.1 Å². The predicted octanol–water partition coefficient (Wildman–Crippen LogP) is 3.77. The lowest BCUT2D eigenvalue weighted by Crippen LogP contribution is -2.14. The molecular formula is C18H21N3O2. The zero-order valence-electron chi connectivity index (χ0n) is 13.4. The number of hydrogen-bond donors (Lipinski definition) is 2. The molecule has 0 fully saturated rings. The van der Waals surface area contributed by atoms with Gasteiger partial charge in [0.05, 0.1) is 0 Å². The summed E-state index contributed by atoms with van der Waals surface area (Å²) in [7, 11) is 0. The van der Waals surface area contributed by atoms with Crippen molar-refractivity contribution in [2.75, 3.05) is 10.6 Å². The molecule has 0 atom stereocenters. The molecule has 0 saturated heterocycles. The molecule has 1 aromatic heterocycles. The van der Waals surface area contributed by atoms with Crippen LogP contribution in [0.1, 0.15) is 42.1 Å². The Labute approximate surface area is 136 Å². The Kier molecular flexibility index (Phi) is 5.86. The first-order valence-corrected chi connectivity index (χ1v) is 7.72. The second kappa shape index (κ2) is 8.08. The fourth-order valence-corrected chi connectivity index (χ4v) is 2.06. The summed E-state index contributed by atoms with van der Waals surface area (Å²) in [6, 6.07) is 10.5. The van der Waals surface area contributed by atoms with Crippen LogP contribution in [-0.4, -0.2) is 16.8 Å². The van der Waals surface area contributed by atoms with E-state index in [1.54, 1.807) is 36.5 Å². The molecule has 120 valence electrons. The first-order valence-electron chi connectivity index (χ1n) is 7.72. The molecule has 2 aromatic rings. The number of hydrogen-bond acceptors (Lipinski definition) is 3. The number of carbonyl (C=O) groups is 2. The highest BCUT2D eigenvalue weighted by Crippen LogP contribution is 2.13. The molecule has 5 heteroatoms. The zero-order valence-corrected chi connectivity index (χ0v) is 13.4. The fraction of sp³-hybridized carbons (Fsp3) is 0.278. The summed E-state index contributed by atoms with van der Waals surface area (Å²) < 4.78 is 0. The van der Waals surface area contributed by atoms with E-state index in [1.165, 1.54) is 0 Å². The van der Waals surface area contributed by atoms with E-state index in [4.69, 9.17) is 0 Å². The molecule has 0 aliphatic rings. The monoisotopic (exact) mass is 311 g/mol. The van der Waals surface area contributed by atoms with Gasteiger partial charge >= 0.3 is 0 Å². The highest BCUT2D eigenvalue weighted by Gasteiger charge is 2.08. The van der Waals surface area contributed by atoms with E-state index in [1.807, 2.05) is 19.9 Å². The third-order valence-corrected chi connectivity index (χ3v) is 3.35. The second-order valence-corrected chi connectivity index (χ2v) is 5.40. The minimum Gasteiger partial charge on any atom is -0.326 e. The number of nitrogens with zero attached hydrogens (tertiary/aromatic N) is 1. The molecular weight excluding hydrogens is 290 g/mol. The molecule has 0 bridgehead atoms. The van der Waals surface area contributed by atoms with E-state index in [0.717, 1.165) is 18.4 Å². The van der Waals surface area contributed by atoms with Crippen LogP contribution in [0, 0.1) is 6.92 Å². The first kappa shape index (κ1) is 16.7. The van der Waals surface area contributed by atoms with Crippen LogP contribution in [0.5, 0.6) is 0 Å². The van der Waals surface area contributed by atoms with Crippen LogP contribution in [0.2, 0.25) is 0 Å². The number of rotatable bonds is 6. The average molecular weight is 311 g/mol. The molecule has 0 aliphatic carbocycles. The summed E-state index contributed by atoms with van der Waals surface area (Å²) in [6.07, 6.45) is 4.02. The van der Waals surface area contributed by atoms with Crippen molar-refractivity contribution in [2.24, 2.45) is 0 Å². The van der Waals surface area contributed by atoms with Gasteiger partial charge in [-0.1, -0.05) is 13.3 Å². The number of benzene rings is 1. The molecule has 5 nitrogen and oxygen atoms in total. The maximum absolute atomic E-state index is 12.2. The van der Waals surface area contributed by atoms with Crippen molar-refractivity contribution in [3.05, 3.63) is 53.7 Å². The maximum atomic E-state index is 12.2. The van der Waals surface area contributed by atoms with Gasteiger partial charge in [0.2, 0.25) is 5.91 Å². The van der Waals surface area contributed by atoms with Gasteiger partial charge in [0.15, 0.2) is 0 Å². The van der Waals surface area contributed by atoms with Gasteiger partial charge in [-0.3, -0.25) is 9.59 Å². The summed E-state index contributed by atoms with van der Waals surface area (Å²) in [5.74, 6) is 0.284. The van der Waals surface area contributed by atoms with Crippen LogP contribution in [0.4, 0.5) is 11.5 Å². The van der Waals surface area contributed by atoms with E-state index in [0.29, 0.717) is 23.5 Å². The van der Waals surface area contributed by atoms with E-state index < -0.39 is 0 Å². The molecule has 0 saturated carbocycles. The molecule has 1 heterocycles. The van der Waals surface area contributed by atoms with E-state index in [-0.39, 0.29) is 11.8 Å². The molecule has 2 amide bonds. The van der Waals surface area contributed by atoms with Crippen LogP contribution < -0.4 is 10.6 Å². The molecule has 0 aliphatic heterocycles. The van der Waals surface area contributed by atoms with Gasteiger partial charge in [0.25, 0.3) is 5.91 Å². The fourth-order valence-electron chi connectivity index (χ4n) is 2.06. The van der Waals surface area contributed by atoms with Crippen molar-refractivity contribution < 1.29 is 9.59 Å². The largest absolute Gasteiger partial charge is 0.326 e. The Balaban J connectivity index is 1.96. The Morgan fingerprint density at radius 1 is 1.09 bits per heavy atom. The molecule has 2 rings (SSSR count).